The Morgan fingerprint density at radius 3 is 2.33 bits per heavy atom. The van der Waals surface area contributed by atoms with E-state index in [-0.39, 0.29) is 11.7 Å². The smallest absolute Gasteiger partial charge is 0.254 e. The van der Waals surface area contributed by atoms with Crippen LogP contribution in [0, 0.1) is 5.82 Å². The van der Waals surface area contributed by atoms with Crippen molar-refractivity contribution in [3.8, 4) is 11.3 Å². The first kappa shape index (κ1) is 21.7. The Balaban J connectivity index is 1.46. The van der Waals surface area contributed by atoms with Crippen molar-refractivity contribution in [2.45, 2.75) is 0 Å². The van der Waals surface area contributed by atoms with E-state index in [1.165, 1.54) is 6.07 Å². The number of amides is 1. The molecular weight excluding hydrogens is 460 g/mol. The zero-order chi connectivity index (χ0) is 22.9. The van der Waals surface area contributed by atoms with Crippen LogP contribution in [0.1, 0.15) is 10.4 Å². The largest absolute Gasteiger partial charge is 0.366 e. The summed E-state index contributed by atoms with van der Waals surface area (Å²) in [5.41, 5.74) is 3.32. The normalized spacial score (nSPS) is 14.0. The molecule has 1 aliphatic rings. The number of halogens is 3. The Morgan fingerprint density at radius 1 is 0.848 bits per heavy atom. The van der Waals surface area contributed by atoms with Crippen LogP contribution in [0.2, 0.25) is 10.0 Å². The lowest BCUT2D eigenvalue weighted by atomic mass is 10.0. The summed E-state index contributed by atoms with van der Waals surface area (Å²) < 4.78 is 14.2. The highest BCUT2D eigenvalue weighted by Gasteiger charge is 2.25. The van der Waals surface area contributed by atoms with Gasteiger partial charge in [-0.25, -0.2) is 9.37 Å². The van der Waals surface area contributed by atoms with Gasteiger partial charge in [-0.2, -0.15) is 0 Å². The van der Waals surface area contributed by atoms with Gasteiger partial charge in [0.15, 0.2) is 0 Å². The number of nitrogens with zero attached hydrogens (tertiary/aromatic N) is 3. The molecule has 1 saturated heterocycles. The predicted octanol–water partition coefficient (Wildman–Crippen LogP) is 6.31. The fourth-order valence-electron chi connectivity index (χ4n) is 4.18. The van der Waals surface area contributed by atoms with Crippen LogP contribution in [0.5, 0.6) is 0 Å². The lowest BCUT2D eigenvalue weighted by Gasteiger charge is -2.36. The van der Waals surface area contributed by atoms with Crippen LogP contribution in [-0.4, -0.2) is 42.0 Å². The van der Waals surface area contributed by atoms with Gasteiger partial charge in [-0.15, -0.1) is 0 Å². The molecule has 3 aromatic carbocycles. The highest BCUT2D eigenvalue weighted by atomic mass is 35.5. The molecule has 4 aromatic rings. The molecule has 1 fully saturated rings. The van der Waals surface area contributed by atoms with Gasteiger partial charge in [-0.1, -0.05) is 59.6 Å². The molecule has 7 heteroatoms. The molecule has 166 valence electrons. The van der Waals surface area contributed by atoms with Crippen LogP contribution in [0.25, 0.3) is 22.2 Å². The molecule has 1 amide bonds. The topological polar surface area (TPSA) is 36.4 Å². The number of para-hydroxylation sites is 2. The maximum Gasteiger partial charge on any atom is 0.254 e. The van der Waals surface area contributed by atoms with Gasteiger partial charge in [0, 0.05) is 37.1 Å². The average Bonchev–Trinajstić information content (AvgIpc) is 2.85. The van der Waals surface area contributed by atoms with Crippen LogP contribution in [0.4, 0.5) is 10.1 Å². The minimum atomic E-state index is -0.247. The molecule has 0 unspecified atom stereocenters. The number of anilines is 1. The van der Waals surface area contributed by atoms with E-state index in [4.69, 9.17) is 28.2 Å². The van der Waals surface area contributed by atoms with Gasteiger partial charge >= 0.3 is 0 Å². The van der Waals surface area contributed by atoms with Crippen molar-refractivity contribution in [3.05, 3.63) is 94.2 Å². The third-order valence-corrected chi connectivity index (χ3v) is 6.66. The molecule has 0 aliphatic carbocycles. The first-order valence-corrected chi connectivity index (χ1v) is 11.4. The van der Waals surface area contributed by atoms with Crippen LogP contribution in [0.3, 0.4) is 0 Å². The van der Waals surface area contributed by atoms with E-state index in [1.54, 1.807) is 24.3 Å². The number of hydrogen-bond acceptors (Lipinski definition) is 3. The van der Waals surface area contributed by atoms with Crippen molar-refractivity contribution in [1.82, 2.24) is 9.88 Å². The summed E-state index contributed by atoms with van der Waals surface area (Å²) in [5.74, 6) is -0.313. The van der Waals surface area contributed by atoms with Gasteiger partial charge in [-0.05, 0) is 36.4 Å². The Bertz CT molecular complexity index is 1350. The summed E-state index contributed by atoms with van der Waals surface area (Å²) in [6.45, 7) is 2.14. The van der Waals surface area contributed by atoms with E-state index >= 15 is 0 Å². The molecule has 0 bridgehead atoms. The number of piperazine rings is 1. The van der Waals surface area contributed by atoms with E-state index in [2.05, 4.69) is 0 Å². The number of hydrogen-bond donors (Lipinski definition) is 0. The number of pyridine rings is 1. The molecular formula is C26H20Cl2FN3O. The minimum Gasteiger partial charge on any atom is -0.366 e. The Labute approximate surface area is 201 Å². The van der Waals surface area contributed by atoms with E-state index in [0.29, 0.717) is 53.2 Å². The molecule has 1 aromatic heterocycles. The van der Waals surface area contributed by atoms with Crippen LogP contribution < -0.4 is 4.90 Å². The standard InChI is InChI=1S/C26H20Cl2FN3O/c27-20-10-9-17(15-21(20)28)24-16-19(18-5-1-3-7-23(18)30-24)26(33)32-13-11-31(12-14-32)25-8-4-2-6-22(25)29/h1-10,15-16H,11-14H2. The number of benzene rings is 3. The minimum absolute atomic E-state index is 0.0666. The molecule has 1 aliphatic heterocycles. The molecule has 33 heavy (non-hydrogen) atoms. The van der Waals surface area contributed by atoms with E-state index < -0.39 is 0 Å². The van der Waals surface area contributed by atoms with Crippen molar-refractivity contribution in [2.75, 3.05) is 31.1 Å². The monoisotopic (exact) mass is 479 g/mol. The molecule has 0 saturated carbocycles. The van der Waals surface area contributed by atoms with Crippen molar-refractivity contribution < 1.29 is 9.18 Å². The van der Waals surface area contributed by atoms with Crippen molar-refractivity contribution in [2.24, 2.45) is 0 Å². The highest BCUT2D eigenvalue weighted by Crippen LogP contribution is 2.31. The number of carbonyl (C=O) groups excluding carboxylic acids is 1. The van der Waals surface area contributed by atoms with Gasteiger partial charge in [0.1, 0.15) is 5.82 Å². The van der Waals surface area contributed by atoms with E-state index in [9.17, 15) is 9.18 Å². The van der Waals surface area contributed by atoms with Crippen molar-refractivity contribution >= 4 is 45.7 Å². The van der Waals surface area contributed by atoms with Crippen LogP contribution in [0.15, 0.2) is 72.8 Å². The third kappa shape index (κ3) is 4.26. The zero-order valence-corrected chi connectivity index (χ0v) is 19.2. The average molecular weight is 480 g/mol. The molecule has 0 radical (unpaired) electrons. The Morgan fingerprint density at radius 2 is 1.58 bits per heavy atom. The quantitative estimate of drug-likeness (QED) is 0.345. The maximum absolute atomic E-state index is 14.2. The summed E-state index contributed by atoms with van der Waals surface area (Å²) >= 11 is 12.3. The SMILES string of the molecule is O=C(c1cc(-c2ccc(Cl)c(Cl)c2)nc2ccccc12)N1CCN(c2ccccc2F)CC1. The summed E-state index contributed by atoms with van der Waals surface area (Å²) in [4.78, 5) is 22.1. The van der Waals surface area contributed by atoms with Gasteiger partial charge in [0.2, 0.25) is 0 Å². The first-order valence-electron chi connectivity index (χ1n) is 10.7. The number of carbonyl (C=O) groups is 1. The summed E-state index contributed by atoms with van der Waals surface area (Å²) in [6, 6.07) is 21.5. The molecule has 0 atom stereocenters. The van der Waals surface area contributed by atoms with Gasteiger partial charge in [0.25, 0.3) is 5.91 Å². The zero-order valence-electron chi connectivity index (χ0n) is 17.6. The summed E-state index contributed by atoms with van der Waals surface area (Å²) in [7, 11) is 0. The Hall–Kier alpha value is -3.15. The number of aromatic nitrogens is 1. The molecule has 2 heterocycles. The first-order chi connectivity index (χ1) is 16.0. The van der Waals surface area contributed by atoms with E-state index in [0.717, 1.165) is 16.5 Å². The Kier molecular flexibility index (Phi) is 5.92. The second kappa shape index (κ2) is 9.00. The molecule has 0 N–H and O–H groups in total. The third-order valence-electron chi connectivity index (χ3n) is 5.92. The number of fused-ring (bicyclic) bond motifs is 1. The predicted molar refractivity (Wildman–Crippen MR) is 132 cm³/mol. The fourth-order valence-corrected chi connectivity index (χ4v) is 4.48. The lowest BCUT2D eigenvalue weighted by Crippen LogP contribution is -2.49. The van der Waals surface area contributed by atoms with Gasteiger partial charge in [0.05, 0.1) is 32.5 Å². The lowest BCUT2D eigenvalue weighted by molar-refractivity contribution is 0.0748. The van der Waals surface area contributed by atoms with Crippen LogP contribution in [-0.2, 0) is 0 Å². The van der Waals surface area contributed by atoms with Crippen molar-refractivity contribution in [1.29, 1.82) is 0 Å². The number of rotatable bonds is 3. The van der Waals surface area contributed by atoms with Crippen LogP contribution >= 0.6 is 23.2 Å². The van der Waals surface area contributed by atoms with Gasteiger partial charge in [-0.3, -0.25) is 4.79 Å². The molecule has 0 spiro atoms. The summed E-state index contributed by atoms with van der Waals surface area (Å²) in [6.07, 6.45) is 0. The highest BCUT2D eigenvalue weighted by molar-refractivity contribution is 6.42. The fraction of sp³-hybridized carbons (Fsp3) is 0.154. The molecule has 5 rings (SSSR count). The second-order valence-corrected chi connectivity index (χ2v) is 8.75. The summed E-state index contributed by atoms with van der Waals surface area (Å²) in [5, 5.41) is 1.69. The van der Waals surface area contributed by atoms with E-state index in [1.807, 2.05) is 52.3 Å². The maximum atomic E-state index is 14.2. The molecule has 4 nitrogen and oxygen atoms in total. The second-order valence-electron chi connectivity index (χ2n) is 7.93. The van der Waals surface area contributed by atoms with Gasteiger partial charge < -0.3 is 9.80 Å². The van der Waals surface area contributed by atoms with Crippen molar-refractivity contribution in [3.63, 3.8) is 0 Å².